The van der Waals surface area contributed by atoms with Crippen LogP contribution in [0.1, 0.15) is 5.56 Å². The zero-order valence-electron chi connectivity index (χ0n) is 17.2. The van der Waals surface area contributed by atoms with Crippen LogP contribution in [0, 0.1) is 11.3 Å². The number of rotatable bonds is 5. The second-order valence-electron chi connectivity index (χ2n) is 6.87. The van der Waals surface area contributed by atoms with E-state index in [1.54, 1.807) is 38.6 Å². The van der Waals surface area contributed by atoms with Crippen LogP contribution in [0.15, 0.2) is 83.8 Å². The Kier molecular flexibility index (Phi) is 5.55. The maximum absolute atomic E-state index is 13.1. The summed E-state index contributed by atoms with van der Waals surface area (Å²) < 4.78 is 10.8. The van der Waals surface area contributed by atoms with Gasteiger partial charge in [0.1, 0.15) is 0 Å². The fourth-order valence-corrected chi connectivity index (χ4v) is 3.72. The highest BCUT2D eigenvalue weighted by atomic mass is 16.5. The lowest BCUT2D eigenvalue weighted by Gasteiger charge is -2.17. The van der Waals surface area contributed by atoms with Crippen molar-refractivity contribution in [3.8, 4) is 50.9 Å². The zero-order valence-corrected chi connectivity index (χ0v) is 17.2. The van der Waals surface area contributed by atoms with Crippen LogP contribution in [0.2, 0.25) is 0 Å². The predicted molar refractivity (Wildman–Crippen MR) is 121 cm³/mol. The molecule has 152 valence electrons. The summed E-state index contributed by atoms with van der Waals surface area (Å²) in [5, 5.41) is 9.65. The molecule has 0 saturated carbocycles. The molecule has 0 aliphatic rings. The molecule has 0 unspecified atom stereocenters. The van der Waals surface area contributed by atoms with E-state index < -0.39 is 0 Å². The molecule has 0 radical (unpaired) electrons. The number of benzene rings is 3. The van der Waals surface area contributed by atoms with Gasteiger partial charge in [-0.05, 0) is 29.3 Å². The van der Waals surface area contributed by atoms with Gasteiger partial charge in [-0.1, -0.05) is 54.6 Å². The van der Waals surface area contributed by atoms with Crippen molar-refractivity contribution in [2.24, 2.45) is 0 Å². The van der Waals surface area contributed by atoms with Gasteiger partial charge in [-0.25, -0.2) is 0 Å². The highest BCUT2D eigenvalue weighted by molar-refractivity contribution is 5.95. The van der Waals surface area contributed by atoms with Crippen molar-refractivity contribution in [1.82, 2.24) is 4.98 Å². The van der Waals surface area contributed by atoms with Gasteiger partial charge < -0.3 is 14.5 Å². The largest absolute Gasteiger partial charge is 0.493 e. The quantitative estimate of drug-likeness (QED) is 0.488. The van der Waals surface area contributed by atoms with E-state index in [9.17, 15) is 10.1 Å². The average molecular weight is 408 g/mol. The molecule has 0 bridgehead atoms. The second-order valence-corrected chi connectivity index (χ2v) is 6.87. The van der Waals surface area contributed by atoms with E-state index in [4.69, 9.17) is 9.47 Å². The number of methoxy groups -OCH3 is 2. The summed E-state index contributed by atoms with van der Waals surface area (Å²) in [6.45, 7) is 0. The Hall–Kier alpha value is -4.30. The van der Waals surface area contributed by atoms with E-state index in [1.807, 2.05) is 54.6 Å². The Labute approximate surface area is 180 Å². The van der Waals surface area contributed by atoms with E-state index in [0.717, 1.165) is 22.3 Å². The van der Waals surface area contributed by atoms with Crippen LogP contribution in [0.5, 0.6) is 11.5 Å². The number of nitriles is 1. The van der Waals surface area contributed by atoms with Gasteiger partial charge in [0.2, 0.25) is 0 Å². The van der Waals surface area contributed by atoms with E-state index in [1.165, 1.54) is 0 Å². The van der Waals surface area contributed by atoms with E-state index in [-0.39, 0.29) is 5.56 Å². The zero-order chi connectivity index (χ0) is 21.8. The SMILES string of the molecule is COc1ccc(-c2c[nH]c(=O)c(-c3ccccc3C#N)c2-c2ccccc2)cc1OC. The van der Waals surface area contributed by atoms with E-state index in [2.05, 4.69) is 11.1 Å². The Balaban J connectivity index is 2.09. The first-order valence-corrected chi connectivity index (χ1v) is 9.71. The lowest BCUT2D eigenvalue weighted by atomic mass is 9.88. The van der Waals surface area contributed by atoms with Crippen LogP contribution in [-0.4, -0.2) is 19.2 Å². The standard InChI is InChI=1S/C26H20N2O3/c1-30-22-13-12-18(14-23(22)31-2)21-16-28-26(29)25(20-11-7-6-10-19(20)15-27)24(21)17-8-4-3-5-9-17/h3-14,16H,1-2H3,(H,28,29). The molecule has 1 N–H and O–H groups in total. The number of pyridine rings is 1. The summed E-state index contributed by atoms with van der Waals surface area (Å²) in [5.41, 5.74) is 4.52. The first-order valence-electron chi connectivity index (χ1n) is 9.71. The summed E-state index contributed by atoms with van der Waals surface area (Å²) in [5.74, 6) is 1.20. The Morgan fingerprint density at radius 1 is 0.774 bits per heavy atom. The maximum Gasteiger partial charge on any atom is 0.256 e. The van der Waals surface area contributed by atoms with Crippen molar-refractivity contribution < 1.29 is 9.47 Å². The van der Waals surface area contributed by atoms with Crippen LogP contribution in [-0.2, 0) is 0 Å². The maximum atomic E-state index is 13.1. The molecule has 0 saturated heterocycles. The fraction of sp³-hybridized carbons (Fsp3) is 0.0769. The highest BCUT2D eigenvalue weighted by Crippen LogP contribution is 2.40. The number of ether oxygens (including phenoxy) is 2. The van der Waals surface area contributed by atoms with E-state index >= 15 is 0 Å². The molecule has 0 amide bonds. The van der Waals surface area contributed by atoms with Crippen molar-refractivity contribution in [2.45, 2.75) is 0 Å². The number of H-pyrrole nitrogens is 1. The normalized spacial score (nSPS) is 10.4. The van der Waals surface area contributed by atoms with Gasteiger partial charge in [0.05, 0.1) is 31.4 Å². The van der Waals surface area contributed by atoms with E-state index in [0.29, 0.717) is 28.2 Å². The number of nitrogens with zero attached hydrogens (tertiary/aromatic N) is 1. The van der Waals surface area contributed by atoms with Crippen molar-refractivity contribution in [1.29, 1.82) is 5.26 Å². The lowest BCUT2D eigenvalue weighted by Crippen LogP contribution is -2.12. The van der Waals surface area contributed by atoms with Gasteiger partial charge >= 0.3 is 0 Å². The van der Waals surface area contributed by atoms with Crippen molar-refractivity contribution >= 4 is 0 Å². The smallest absolute Gasteiger partial charge is 0.256 e. The summed E-state index contributed by atoms with van der Waals surface area (Å²) >= 11 is 0. The van der Waals surface area contributed by atoms with Crippen LogP contribution in [0.4, 0.5) is 0 Å². The molecule has 0 atom stereocenters. The fourth-order valence-electron chi connectivity index (χ4n) is 3.72. The minimum Gasteiger partial charge on any atom is -0.493 e. The van der Waals surface area contributed by atoms with Gasteiger partial charge in [-0.2, -0.15) is 5.26 Å². The third kappa shape index (κ3) is 3.67. The number of nitrogens with one attached hydrogen (secondary N) is 1. The minimum absolute atomic E-state index is 0.259. The monoisotopic (exact) mass is 408 g/mol. The summed E-state index contributed by atoms with van der Waals surface area (Å²) in [7, 11) is 3.17. The number of hydrogen-bond acceptors (Lipinski definition) is 4. The van der Waals surface area contributed by atoms with Crippen molar-refractivity contribution in [2.75, 3.05) is 14.2 Å². The molecule has 0 aliphatic heterocycles. The van der Waals surface area contributed by atoms with Gasteiger partial charge in [-0.3, -0.25) is 4.79 Å². The van der Waals surface area contributed by atoms with Gasteiger partial charge in [0.25, 0.3) is 5.56 Å². The van der Waals surface area contributed by atoms with Gasteiger partial charge in [0.15, 0.2) is 11.5 Å². The first-order chi connectivity index (χ1) is 15.2. The lowest BCUT2D eigenvalue weighted by molar-refractivity contribution is 0.355. The minimum atomic E-state index is -0.259. The number of aromatic amines is 1. The first kappa shape index (κ1) is 20.0. The molecule has 1 aromatic heterocycles. The summed E-state index contributed by atoms with van der Waals surface area (Å²) in [6.07, 6.45) is 1.70. The number of hydrogen-bond donors (Lipinski definition) is 1. The summed E-state index contributed by atoms with van der Waals surface area (Å²) in [4.78, 5) is 15.9. The molecule has 5 heteroatoms. The predicted octanol–water partition coefficient (Wildman–Crippen LogP) is 5.26. The topological polar surface area (TPSA) is 75.1 Å². The molecular formula is C26H20N2O3. The third-order valence-corrected chi connectivity index (χ3v) is 5.17. The van der Waals surface area contributed by atoms with Crippen LogP contribution in [0.3, 0.4) is 0 Å². The van der Waals surface area contributed by atoms with Crippen molar-refractivity contribution in [3.05, 3.63) is 94.9 Å². The average Bonchev–Trinajstić information content (AvgIpc) is 2.84. The second kappa shape index (κ2) is 8.60. The third-order valence-electron chi connectivity index (χ3n) is 5.17. The van der Waals surface area contributed by atoms with Crippen molar-refractivity contribution in [3.63, 3.8) is 0 Å². The molecule has 0 spiro atoms. The molecule has 1 heterocycles. The molecule has 0 fully saturated rings. The Bertz CT molecular complexity index is 1340. The molecule has 4 aromatic rings. The highest BCUT2D eigenvalue weighted by Gasteiger charge is 2.20. The molecule has 3 aromatic carbocycles. The van der Waals surface area contributed by atoms with Gasteiger partial charge in [0, 0.05) is 22.9 Å². The van der Waals surface area contributed by atoms with Crippen LogP contribution in [0.25, 0.3) is 33.4 Å². The molecule has 5 nitrogen and oxygen atoms in total. The number of aromatic nitrogens is 1. The Morgan fingerprint density at radius 2 is 1.48 bits per heavy atom. The molecule has 0 aliphatic carbocycles. The molecule has 31 heavy (non-hydrogen) atoms. The van der Waals surface area contributed by atoms with Gasteiger partial charge in [-0.15, -0.1) is 0 Å². The summed E-state index contributed by atoms with van der Waals surface area (Å²) in [6, 6.07) is 24.6. The molecular weight excluding hydrogens is 388 g/mol. The Morgan fingerprint density at radius 3 is 2.19 bits per heavy atom. The molecule has 4 rings (SSSR count). The van der Waals surface area contributed by atoms with Crippen LogP contribution < -0.4 is 15.0 Å². The van der Waals surface area contributed by atoms with Crippen LogP contribution >= 0.6 is 0 Å².